The van der Waals surface area contributed by atoms with Crippen LogP contribution in [-0.4, -0.2) is 22.5 Å². The molecule has 1 amide bonds. The third-order valence-corrected chi connectivity index (χ3v) is 3.47. The predicted octanol–water partition coefficient (Wildman–Crippen LogP) is 3.27. The second-order valence-electron chi connectivity index (χ2n) is 5.58. The number of aromatic nitrogens is 2. The van der Waals surface area contributed by atoms with Crippen LogP contribution in [-0.2, 0) is 11.3 Å². The van der Waals surface area contributed by atoms with E-state index < -0.39 is 0 Å². The number of aryl methyl sites for hydroxylation is 1. The number of benzene rings is 1. The number of nitrogens with zero attached hydrogens (tertiary/aromatic N) is 2. The maximum atomic E-state index is 11.9. The van der Waals surface area contributed by atoms with Crippen molar-refractivity contribution in [2.24, 2.45) is 0 Å². The molecule has 132 valence electrons. The number of pyridine rings is 2. The fourth-order valence-electron chi connectivity index (χ4n) is 2.22. The predicted molar refractivity (Wildman–Crippen MR) is 97.1 cm³/mol. The Balaban J connectivity index is 1.44. The largest absolute Gasteiger partial charge is 0.484 e. The van der Waals surface area contributed by atoms with Gasteiger partial charge in [-0.15, -0.1) is 0 Å². The van der Waals surface area contributed by atoms with E-state index >= 15 is 0 Å². The Kier molecular flexibility index (Phi) is 5.77. The minimum Gasteiger partial charge on any atom is -0.484 e. The van der Waals surface area contributed by atoms with Crippen molar-refractivity contribution in [3.8, 4) is 17.4 Å². The van der Waals surface area contributed by atoms with Gasteiger partial charge in [0.05, 0.1) is 12.2 Å². The Bertz CT molecular complexity index is 852. The molecule has 3 aromatic rings. The summed E-state index contributed by atoms with van der Waals surface area (Å²) in [7, 11) is 0. The molecule has 0 aliphatic carbocycles. The number of amides is 1. The second kappa shape index (κ2) is 8.62. The van der Waals surface area contributed by atoms with Gasteiger partial charge >= 0.3 is 0 Å². The number of hydrogen-bond donors (Lipinski definition) is 1. The normalized spacial score (nSPS) is 10.2. The highest BCUT2D eigenvalue weighted by Gasteiger charge is 2.04. The van der Waals surface area contributed by atoms with Gasteiger partial charge in [0.25, 0.3) is 5.91 Å². The molecule has 1 aromatic carbocycles. The Labute approximate surface area is 151 Å². The first-order valence-corrected chi connectivity index (χ1v) is 8.20. The number of carbonyl (C=O) groups excluding carboxylic acids is 1. The van der Waals surface area contributed by atoms with Crippen LogP contribution in [0.4, 0.5) is 0 Å². The molecule has 3 rings (SSSR count). The fraction of sp³-hybridized carbons (Fsp3) is 0.150. The molecule has 0 unspecified atom stereocenters. The molecule has 1 N–H and O–H groups in total. The van der Waals surface area contributed by atoms with E-state index in [0.717, 1.165) is 11.4 Å². The third-order valence-electron chi connectivity index (χ3n) is 3.47. The summed E-state index contributed by atoms with van der Waals surface area (Å²) in [6.45, 7) is 2.22. The van der Waals surface area contributed by atoms with Crippen molar-refractivity contribution in [3.05, 3.63) is 78.2 Å². The molecule has 0 saturated carbocycles. The average molecular weight is 349 g/mol. The fourth-order valence-corrected chi connectivity index (χ4v) is 2.22. The standard InChI is InChI=1S/C20H19N3O3/c1-15-5-4-6-16(23-15)13-22-19(24)14-25-17-8-10-18(11-9-17)26-20-7-2-3-12-21-20/h2-12H,13-14H2,1H3,(H,22,24). The first kappa shape index (κ1) is 17.4. The Hall–Kier alpha value is -3.41. The van der Waals surface area contributed by atoms with Crippen LogP contribution in [0.25, 0.3) is 0 Å². The van der Waals surface area contributed by atoms with Gasteiger partial charge in [-0.05, 0) is 49.4 Å². The molecule has 2 heterocycles. The molecular weight excluding hydrogens is 330 g/mol. The van der Waals surface area contributed by atoms with E-state index in [1.807, 2.05) is 37.3 Å². The number of carbonyl (C=O) groups is 1. The highest BCUT2D eigenvalue weighted by molar-refractivity contribution is 5.77. The van der Waals surface area contributed by atoms with Crippen LogP contribution in [0.2, 0.25) is 0 Å². The van der Waals surface area contributed by atoms with Crippen LogP contribution in [0, 0.1) is 6.92 Å². The Morgan fingerprint density at radius 3 is 2.54 bits per heavy atom. The molecule has 0 bridgehead atoms. The lowest BCUT2D eigenvalue weighted by Crippen LogP contribution is -2.28. The first-order chi connectivity index (χ1) is 12.7. The highest BCUT2D eigenvalue weighted by Crippen LogP contribution is 2.22. The van der Waals surface area contributed by atoms with E-state index in [0.29, 0.717) is 23.9 Å². The van der Waals surface area contributed by atoms with Crippen LogP contribution in [0.3, 0.4) is 0 Å². The molecule has 6 nitrogen and oxygen atoms in total. The lowest BCUT2D eigenvalue weighted by molar-refractivity contribution is -0.123. The van der Waals surface area contributed by atoms with Gasteiger partial charge in [0, 0.05) is 18.0 Å². The zero-order valence-electron chi connectivity index (χ0n) is 14.4. The smallest absolute Gasteiger partial charge is 0.258 e. The van der Waals surface area contributed by atoms with E-state index in [2.05, 4.69) is 15.3 Å². The van der Waals surface area contributed by atoms with Gasteiger partial charge in [-0.25, -0.2) is 4.98 Å². The average Bonchev–Trinajstić information content (AvgIpc) is 2.67. The summed E-state index contributed by atoms with van der Waals surface area (Å²) in [5, 5.41) is 2.78. The molecule has 0 atom stereocenters. The first-order valence-electron chi connectivity index (χ1n) is 8.20. The van der Waals surface area contributed by atoms with Crippen LogP contribution in [0.1, 0.15) is 11.4 Å². The quantitative estimate of drug-likeness (QED) is 0.709. The molecule has 26 heavy (non-hydrogen) atoms. The van der Waals surface area contributed by atoms with Crippen molar-refractivity contribution in [3.63, 3.8) is 0 Å². The van der Waals surface area contributed by atoms with Crippen molar-refractivity contribution >= 4 is 5.91 Å². The van der Waals surface area contributed by atoms with E-state index in [-0.39, 0.29) is 12.5 Å². The zero-order valence-corrected chi connectivity index (χ0v) is 14.4. The molecule has 0 spiro atoms. The van der Waals surface area contributed by atoms with Gasteiger partial charge in [0.2, 0.25) is 5.88 Å². The molecule has 6 heteroatoms. The number of rotatable bonds is 7. The number of hydrogen-bond acceptors (Lipinski definition) is 5. The maximum Gasteiger partial charge on any atom is 0.258 e. The lowest BCUT2D eigenvalue weighted by Gasteiger charge is -2.09. The SMILES string of the molecule is Cc1cccc(CNC(=O)COc2ccc(Oc3ccccn3)cc2)n1. The van der Waals surface area contributed by atoms with Crippen molar-refractivity contribution in [1.29, 1.82) is 0 Å². The van der Waals surface area contributed by atoms with Gasteiger partial charge in [0.1, 0.15) is 11.5 Å². The minimum absolute atomic E-state index is 0.0632. The van der Waals surface area contributed by atoms with Gasteiger partial charge in [-0.2, -0.15) is 0 Å². The van der Waals surface area contributed by atoms with Crippen molar-refractivity contribution in [1.82, 2.24) is 15.3 Å². The van der Waals surface area contributed by atoms with Crippen molar-refractivity contribution in [2.45, 2.75) is 13.5 Å². The van der Waals surface area contributed by atoms with Crippen LogP contribution < -0.4 is 14.8 Å². The summed E-state index contributed by atoms with van der Waals surface area (Å²) >= 11 is 0. The van der Waals surface area contributed by atoms with Crippen LogP contribution in [0.15, 0.2) is 66.9 Å². The van der Waals surface area contributed by atoms with Crippen LogP contribution in [0.5, 0.6) is 17.4 Å². The zero-order chi connectivity index (χ0) is 18.2. The van der Waals surface area contributed by atoms with E-state index in [1.165, 1.54) is 0 Å². The van der Waals surface area contributed by atoms with Gasteiger partial charge in [0.15, 0.2) is 6.61 Å². The summed E-state index contributed by atoms with van der Waals surface area (Å²) in [4.78, 5) is 20.3. The molecule has 2 aromatic heterocycles. The number of nitrogens with one attached hydrogen (secondary N) is 1. The summed E-state index contributed by atoms with van der Waals surface area (Å²) in [6, 6.07) is 18.2. The maximum absolute atomic E-state index is 11.9. The van der Waals surface area contributed by atoms with Gasteiger partial charge in [-0.3, -0.25) is 9.78 Å². The van der Waals surface area contributed by atoms with E-state index in [4.69, 9.17) is 9.47 Å². The van der Waals surface area contributed by atoms with Gasteiger partial charge < -0.3 is 14.8 Å². The number of ether oxygens (including phenoxy) is 2. The lowest BCUT2D eigenvalue weighted by atomic mass is 10.3. The molecule has 0 aliphatic rings. The van der Waals surface area contributed by atoms with Crippen molar-refractivity contribution in [2.75, 3.05) is 6.61 Å². The van der Waals surface area contributed by atoms with Crippen molar-refractivity contribution < 1.29 is 14.3 Å². The summed E-state index contributed by atoms with van der Waals surface area (Å²) in [5.74, 6) is 1.54. The highest BCUT2D eigenvalue weighted by atomic mass is 16.5. The molecule has 0 radical (unpaired) electrons. The molecule has 0 fully saturated rings. The summed E-state index contributed by atoms with van der Waals surface area (Å²) < 4.78 is 11.1. The molecule has 0 saturated heterocycles. The Morgan fingerprint density at radius 1 is 1.00 bits per heavy atom. The van der Waals surface area contributed by atoms with E-state index in [9.17, 15) is 4.79 Å². The van der Waals surface area contributed by atoms with Gasteiger partial charge in [-0.1, -0.05) is 12.1 Å². The summed E-state index contributed by atoms with van der Waals surface area (Å²) in [5.41, 5.74) is 1.73. The topological polar surface area (TPSA) is 73.3 Å². The molecular formula is C20H19N3O3. The Morgan fingerprint density at radius 2 is 1.81 bits per heavy atom. The van der Waals surface area contributed by atoms with E-state index in [1.54, 1.807) is 36.5 Å². The minimum atomic E-state index is -0.206. The van der Waals surface area contributed by atoms with Crippen LogP contribution >= 0.6 is 0 Å². The summed E-state index contributed by atoms with van der Waals surface area (Å²) in [6.07, 6.45) is 1.66. The monoisotopic (exact) mass is 349 g/mol. The third kappa shape index (κ3) is 5.31. The molecule has 0 aliphatic heterocycles. The second-order valence-corrected chi connectivity index (χ2v) is 5.58.